The van der Waals surface area contributed by atoms with E-state index >= 15 is 0 Å². The molecule has 3 N–H and O–H groups in total. The SMILES string of the molecule is Cl.NCC(=O)NCC(=O)N1CCSC2CCCCC21. The first kappa shape index (κ1) is 16.6. The Balaban J connectivity index is 0.00000180. The number of hydrogen-bond donors (Lipinski definition) is 2. The highest BCUT2D eigenvalue weighted by Gasteiger charge is 2.35. The van der Waals surface area contributed by atoms with Crippen LogP contribution in [0.25, 0.3) is 0 Å². The maximum Gasteiger partial charge on any atom is 0.242 e. The Morgan fingerprint density at radius 3 is 2.79 bits per heavy atom. The van der Waals surface area contributed by atoms with Crippen molar-refractivity contribution in [2.75, 3.05) is 25.4 Å². The van der Waals surface area contributed by atoms with Crippen molar-refractivity contribution < 1.29 is 9.59 Å². The van der Waals surface area contributed by atoms with Gasteiger partial charge in [0.1, 0.15) is 0 Å². The minimum atomic E-state index is -0.269. The summed E-state index contributed by atoms with van der Waals surface area (Å²) in [5, 5.41) is 3.16. The Bertz CT molecular complexity index is 328. The molecule has 2 aliphatic rings. The smallest absolute Gasteiger partial charge is 0.242 e. The van der Waals surface area contributed by atoms with Crippen LogP contribution in [-0.4, -0.2) is 53.4 Å². The Morgan fingerprint density at radius 2 is 2.05 bits per heavy atom. The molecule has 0 radical (unpaired) electrons. The van der Waals surface area contributed by atoms with Gasteiger partial charge in [0.2, 0.25) is 11.8 Å². The Kier molecular flexibility index (Phi) is 6.96. The summed E-state index contributed by atoms with van der Waals surface area (Å²) >= 11 is 2.00. The van der Waals surface area contributed by atoms with Crippen LogP contribution in [-0.2, 0) is 9.59 Å². The molecule has 1 saturated heterocycles. The molecule has 2 fully saturated rings. The van der Waals surface area contributed by atoms with Crippen molar-refractivity contribution in [2.45, 2.75) is 37.0 Å². The van der Waals surface area contributed by atoms with E-state index in [1.165, 1.54) is 19.3 Å². The first-order valence-corrected chi connectivity index (χ1v) is 7.65. The second kappa shape index (κ2) is 7.97. The number of nitrogens with two attached hydrogens (primary N) is 1. The molecular formula is C12H22ClN3O2S. The largest absolute Gasteiger partial charge is 0.346 e. The second-order valence-electron chi connectivity index (χ2n) is 4.83. The van der Waals surface area contributed by atoms with Gasteiger partial charge in [-0.2, -0.15) is 11.8 Å². The van der Waals surface area contributed by atoms with Gasteiger partial charge in [0, 0.05) is 23.6 Å². The van der Waals surface area contributed by atoms with E-state index in [1.54, 1.807) is 0 Å². The lowest BCUT2D eigenvalue weighted by atomic mass is 9.93. The van der Waals surface area contributed by atoms with E-state index in [1.807, 2.05) is 16.7 Å². The lowest BCUT2D eigenvalue weighted by Gasteiger charge is -2.43. The van der Waals surface area contributed by atoms with Crippen molar-refractivity contribution in [2.24, 2.45) is 5.73 Å². The zero-order valence-electron chi connectivity index (χ0n) is 11.0. The number of carbonyl (C=O) groups is 2. The van der Waals surface area contributed by atoms with Crippen molar-refractivity contribution in [1.29, 1.82) is 0 Å². The van der Waals surface area contributed by atoms with Gasteiger partial charge in [-0.3, -0.25) is 9.59 Å². The summed E-state index contributed by atoms with van der Waals surface area (Å²) < 4.78 is 0. The lowest BCUT2D eigenvalue weighted by molar-refractivity contribution is -0.135. The van der Waals surface area contributed by atoms with E-state index < -0.39 is 0 Å². The summed E-state index contributed by atoms with van der Waals surface area (Å²) in [7, 11) is 0. The topological polar surface area (TPSA) is 75.4 Å². The van der Waals surface area contributed by atoms with Gasteiger partial charge in [-0.25, -0.2) is 0 Å². The predicted octanol–water partition coefficient (Wildman–Crippen LogP) is 0.370. The van der Waals surface area contributed by atoms with E-state index in [9.17, 15) is 9.59 Å². The number of nitrogens with one attached hydrogen (secondary N) is 1. The molecule has 7 heteroatoms. The van der Waals surface area contributed by atoms with Crippen molar-refractivity contribution >= 4 is 36.0 Å². The van der Waals surface area contributed by atoms with Gasteiger partial charge < -0.3 is 16.0 Å². The van der Waals surface area contributed by atoms with Crippen molar-refractivity contribution in [1.82, 2.24) is 10.2 Å². The fourth-order valence-electron chi connectivity index (χ4n) is 2.75. The third-order valence-electron chi connectivity index (χ3n) is 3.67. The highest BCUT2D eigenvalue weighted by molar-refractivity contribution is 8.00. The van der Waals surface area contributed by atoms with Gasteiger partial charge >= 0.3 is 0 Å². The molecule has 110 valence electrons. The fourth-order valence-corrected chi connectivity index (χ4v) is 4.20. The van der Waals surface area contributed by atoms with Crippen LogP contribution >= 0.6 is 24.2 Å². The summed E-state index contributed by atoms with van der Waals surface area (Å²) in [5.41, 5.74) is 5.20. The number of rotatable bonds is 3. The molecule has 0 bridgehead atoms. The van der Waals surface area contributed by atoms with Gasteiger partial charge in [0.15, 0.2) is 0 Å². The Morgan fingerprint density at radius 1 is 1.32 bits per heavy atom. The molecule has 0 spiro atoms. The zero-order chi connectivity index (χ0) is 13.0. The zero-order valence-corrected chi connectivity index (χ0v) is 12.6. The summed E-state index contributed by atoms with van der Waals surface area (Å²) in [6.07, 6.45) is 4.81. The maximum atomic E-state index is 12.1. The number of halogens is 1. The molecule has 19 heavy (non-hydrogen) atoms. The lowest BCUT2D eigenvalue weighted by Crippen LogP contribution is -2.54. The van der Waals surface area contributed by atoms with Crippen molar-refractivity contribution in [3.05, 3.63) is 0 Å². The highest BCUT2D eigenvalue weighted by Crippen LogP contribution is 2.35. The van der Waals surface area contributed by atoms with Gasteiger partial charge in [-0.05, 0) is 12.8 Å². The maximum absolute atomic E-state index is 12.1. The molecule has 2 unspecified atom stereocenters. The molecule has 2 atom stereocenters. The summed E-state index contributed by atoms with van der Waals surface area (Å²) in [6, 6.07) is 0.375. The molecule has 1 saturated carbocycles. The second-order valence-corrected chi connectivity index (χ2v) is 6.18. The summed E-state index contributed by atoms with van der Waals surface area (Å²) in [5.74, 6) is 0.779. The van der Waals surface area contributed by atoms with Crippen LogP contribution in [0.2, 0.25) is 0 Å². The molecule has 0 aromatic heterocycles. The number of hydrogen-bond acceptors (Lipinski definition) is 4. The van der Waals surface area contributed by atoms with Gasteiger partial charge in [0.05, 0.1) is 13.1 Å². The highest BCUT2D eigenvalue weighted by atomic mass is 35.5. The average molecular weight is 308 g/mol. The van der Waals surface area contributed by atoms with Crippen LogP contribution in [0.3, 0.4) is 0 Å². The molecule has 1 aliphatic carbocycles. The number of carbonyl (C=O) groups excluding carboxylic acids is 2. The number of fused-ring (bicyclic) bond motifs is 1. The van der Waals surface area contributed by atoms with E-state index in [4.69, 9.17) is 5.73 Å². The molecular weight excluding hydrogens is 286 g/mol. The van der Waals surface area contributed by atoms with E-state index in [-0.39, 0.29) is 37.3 Å². The van der Waals surface area contributed by atoms with Crippen LogP contribution < -0.4 is 11.1 Å². The summed E-state index contributed by atoms with van der Waals surface area (Å²) in [4.78, 5) is 25.2. The van der Waals surface area contributed by atoms with E-state index in [0.29, 0.717) is 11.3 Å². The third-order valence-corrected chi connectivity index (χ3v) is 5.07. The molecule has 0 aromatic rings. The third kappa shape index (κ3) is 4.26. The van der Waals surface area contributed by atoms with Crippen LogP contribution in [0.15, 0.2) is 0 Å². The number of thioether (sulfide) groups is 1. The molecule has 5 nitrogen and oxygen atoms in total. The van der Waals surface area contributed by atoms with Crippen LogP contribution in [0, 0.1) is 0 Å². The molecule has 0 aromatic carbocycles. The van der Waals surface area contributed by atoms with Gasteiger partial charge in [-0.1, -0.05) is 12.8 Å². The first-order chi connectivity index (χ1) is 8.72. The fraction of sp³-hybridized carbons (Fsp3) is 0.833. The van der Waals surface area contributed by atoms with Gasteiger partial charge in [0.25, 0.3) is 0 Å². The Labute approximate surface area is 124 Å². The minimum Gasteiger partial charge on any atom is -0.346 e. The molecule has 2 amide bonds. The number of amides is 2. The van der Waals surface area contributed by atoms with E-state index in [0.717, 1.165) is 18.7 Å². The predicted molar refractivity (Wildman–Crippen MR) is 79.5 cm³/mol. The van der Waals surface area contributed by atoms with Gasteiger partial charge in [-0.15, -0.1) is 12.4 Å². The van der Waals surface area contributed by atoms with E-state index in [2.05, 4.69) is 5.32 Å². The monoisotopic (exact) mass is 307 g/mol. The van der Waals surface area contributed by atoms with Crippen LogP contribution in [0.4, 0.5) is 0 Å². The quantitative estimate of drug-likeness (QED) is 0.790. The van der Waals surface area contributed by atoms with Crippen LogP contribution in [0.5, 0.6) is 0 Å². The van der Waals surface area contributed by atoms with Crippen molar-refractivity contribution in [3.63, 3.8) is 0 Å². The normalized spacial score (nSPS) is 26.1. The molecule has 1 aliphatic heterocycles. The minimum absolute atomic E-state index is 0. The summed E-state index contributed by atoms with van der Waals surface area (Å²) in [6.45, 7) is 0.836. The molecule has 2 rings (SSSR count). The average Bonchev–Trinajstić information content (AvgIpc) is 2.43. The first-order valence-electron chi connectivity index (χ1n) is 6.60. The molecule has 1 heterocycles. The van der Waals surface area contributed by atoms with Crippen molar-refractivity contribution in [3.8, 4) is 0 Å². The Hall–Kier alpha value is -0.460. The standard InChI is InChI=1S/C12H21N3O2S.ClH/c13-7-11(16)14-8-12(17)15-5-6-18-10-4-2-1-3-9(10)15;/h9-10H,1-8,13H2,(H,14,16);1H. The number of nitrogens with zero attached hydrogens (tertiary/aromatic N) is 1. The van der Waals surface area contributed by atoms with Crippen LogP contribution in [0.1, 0.15) is 25.7 Å².